The maximum Gasteiger partial charge on any atom is 0.340 e. The summed E-state index contributed by atoms with van der Waals surface area (Å²) in [6, 6.07) is 5.44. The number of carbonyl (C=O) groups is 2. The van der Waals surface area contributed by atoms with Crippen LogP contribution in [-0.2, 0) is 4.74 Å². The number of aromatic nitrogens is 1. The molecule has 2 aromatic heterocycles. The molecule has 0 aliphatic heterocycles. The lowest BCUT2D eigenvalue weighted by Gasteiger charge is -2.01. The zero-order valence-corrected chi connectivity index (χ0v) is 9.77. The molecule has 0 N–H and O–H groups in total. The van der Waals surface area contributed by atoms with Crippen LogP contribution in [0.25, 0.3) is 5.52 Å². The fourth-order valence-corrected chi connectivity index (χ4v) is 1.96. The molecule has 0 amide bonds. The Kier molecular flexibility index (Phi) is 2.95. The molecule has 0 unspecified atom stereocenters. The first-order valence-electron chi connectivity index (χ1n) is 5.42. The summed E-state index contributed by atoms with van der Waals surface area (Å²) >= 11 is 0. The van der Waals surface area contributed by atoms with Gasteiger partial charge in [-0.3, -0.25) is 4.79 Å². The average Bonchev–Trinajstić information content (AvgIpc) is 2.61. The number of hydrogen-bond acceptors (Lipinski definition) is 3. The largest absolute Gasteiger partial charge is 0.462 e. The predicted octanol–water partition coefficient (Wildman–Crippen LogP) is 2.24. The third-order valence-electron chi connectivity index (χ3n) is 2.73. The van der Waals surface area contributed by atoms with Gasteiger partial charge in [-0.2, -0.15) is 0 Å². The van der Waals surface area contributed by atoms with E-state index in [0.29, 0.717) is 28.9 Å². The van der Waals surface area contributed by atoms with Crippen LogP contribution in [-0.4, -0.2) is 23.3 Å². The molecule has 2 heterocycles. The molecule has 0 aliphatic rings. The molecule has 4 nitrogen and oxygen atoms in total. The third-order valence-corrected chi connectivity index (χ3v) is 2.73. The van der Waals surface area contributed by atoms with E-state index in [9.17, 15) is 9.59 Å². The van der Waals surface area contributed by atoms with Crippen molar-refractivity contribution < 1.29 is 14.3 Å². The molecule has 0 aliphatic carbocycles. The molecule has 0 spiro atoms. The summed E-state index contributed by atoms with van der Waals surface area (Å²) in [5.41, 5.74) is 2.31. The van der Waals surface area contributed by atoms with Gasteiger partial charge in [-0.25, -0.2) is 4.79 Å². The molecule has 0 bridgehead atoms. The zero-order chi connectivity index (χ0) is 12.4. The molecule has 2 rings (SSSR count). The number of fused-ring (bicyclic) bond motifs is 1. The fourth-order valence-electron chi connectivity index (χ4n) is 1.96. The van der Waals surface area contributed by atoms with E-state index in [1.807, 2.05) is 12.1 Å². The second kappa shape index (κ2) is 4.41. The highest BCUT2D eigenvalue weighted by molar-refractivity contribution is 6.02. The van der Waals surface area contributed by atoms with Crippen molar-refractivity contribution in [2.45, 2.75) is 13.8 Å². The molecule has 0 aromatic carbocycles. The Balaban J connectivity index is 2.74. The van der Waals surface area contributed by atoms with Crippen molar-refractivity contribution in [3.8, 4) is 0 Å². The Bertz CT molecular complexity index is 584. The van der Waals surface area contributed by atoms with Crippen LogP contribution in [0.5, 0.6) is 0 Å². The van der Waals surface area contributed by atoms with E-state index in [0.717, 1.165) is 6.29 Å². The van der Waals surface area contributed by atoms with Gasteiger partial charge in [-0.1, -0.05) is 6.07 Å². The Morgan fingerprint density at radius 1 is 1.47 bits per heavy atom. The van der Waals surface area contributed by atoms with Crippen molar-refractivity contribution in [2.24, 2.45) is 0 Å². The lowest BCUT2D eigenvalue weighted by molar-refractivity contribution is 0.0528. The van der Waals surface area contributed by atoms with Crippen molar-refractivity contribution in [1.29, 1.82) is 0 Å². The molecule has 0 radical (unpaired) electrons. The highest BCUT2D eigenvalue weighted by atomic mass is 16.5. The number of ether oxygens (including phenoxy) is 1. The number of aldehydes is 1. The average molecular weight is 231 g/mol. The van der Waals surface area contributed by atoms with Crippen LogP contribution in [0.2, 0.25) is 0 Å². The second-order valence-electron chi connectivity index (χ2n) is 3.68. The van der Waals surface area contributed by atoms with Gasteiger partial charge in [0.15, 0.2) is 6.29 Å². The third kappa shape index (κ3) is 1.71. The number of pyridine rings is 1. The maximum absolute atomic E-state index is 11.9. The summed E-state index contributed by atoms with van der Waals surface area (Å²) in [7, 11) is 0. The van der Waals surface area contributed by atoms with Gasteiger partial charge in [-0.05, 0) is 31.5 Å². The molecule has 0 saturated heterocycles. The van der Waals surface area contributed by atoms with Gasteiger partial charge in [0.2, 0.25) is 0 Å². The topological polar surface area (TPSA) is 47.8 Å². The van der Waals surface area contributed by atoms with E-state index in [-0.39, 0.29) is 5.97 Å². The Labute approximate surface area is 98.8 Å². The highest BCUT2D eigenvalue weighted by Crippen LogP contribution is 2.22. The van der Waals surface area contributed by atoms with Crippen LogP contribution in [0.15, 0.2) is 24.4 Å². The Morgan fingerprint density at radius 2 is 2.24 bits per heavy atom. The SMILES string of the molecule is CCOC(=O)c1c(C)c(C=O)n2ccccc12. The van der Waals surface area contributed by atoms with Crippen LogP contribution in [0.1, 0.15) is 33.3 Å². The van der Waals surface area contributed by atoms with Crippen LogP contribution < -0.4 is 0 Å². The first-order chi connectivity index (χ1) is 8.20. The number of nitrogens with zero attached hydrogens (tertiary/aromatic N) is 1. The fraction of sp³-hybridized carbons (Fsp3) is 0.231. The maximum atomic E-state index is 11.9. The van der Waals surface area contributed by atoms with Crippen LogP contribution in [0.4, 0.5) is 0 Å². The minimum Gasteiger partial charge on any atom is -0.462 e. The quantitative estimate of drug-likeness (QED) is 0.601. The summed E-state index contributed by atoms with van der Waals surface area (Å²) < 4.78 is 6.71. The van der Waals surface area contributed by atoms with Gasteiger partial charge in [0.1, 0.15) is 0 Å². The minimum atomic E-state index is -0.387. The molecule has 17 heavy (non-hydrogen) atoms. The van der Waals surface area contributed by atoms with Crippen LogP contribution >= 0.6 is 0 Å². The zero-order valence-electron chi connectivity index (χ0n) is 9.77. The molecule has 0 atom stereocenters. The monoisotopic (exact) mass is 231 g/mol. The van der Waals surface area contributed by atoms with E-state index in [4.69, 9.17) is 4.74 Å². The van der Waals surface area contributed by atoms with Gasteiger partial charge in [0, 0.05) is 6.20 Å². The Hall–Kier alpha value is -2.10. The first kappa shape index (κ1) is 11.4. The number of esters is 1. The van der Waals surface area contributed by atoms with E-state index in [1.165, 1.54) is 0 Å². The summed E-state index contributed by atoms with van der Waals surface area (Å²) in [6.45, 7) is 3.83. The van der Waals surface area contributed by atoms with Gasteiger partial charge >= 0.3 is 5.97 Å². The van der Waals surface area contributed by atoms with Gasteiger partial charge in [0.05, 0.1) is 23.4 Å². The molecule has 2 aromatic rings. The van der Waals surface area contributed by atoms with Gasteiger partial charge in [0.25, 0.3) is 0 Å². The number of carbonyl (C=O) groups excluding carboxylic acids is 2. The number of rotatable bonds is 3. The van der Waals surface area contributed by atoms with E-state index in [2.05, 4.69) is 0 Å². The lowest BCUT2D eigenvalue weighted by Crippen LogP contribution is -2.05. The summed E-state index contributed by atoms with van der Waals surface area (Å²) in [5.74, 6) is -0.387. The molecule has 88 valence electrons. The molecular weight excluding hydrogens is 218 g/mol. The van der Waals surface area contributed by atoms with Gasteiger partial charge < -0.3 is 9.14 Å². The summed E-state index contributed by atoms with van der Waals surface area (Å²) in [4.78, 5) is 22.9. The number of hydrogen-bond donors (Lipinski definition) is 0. The summed E-state index contributed by atoms with van der Waals surface area (Å²) in [5, 5.41) is 0. The van der Waals surface area contributed by atoms with Crippen LogP contribution in [0, 0.1) is 6.92 Å². The van der Waals surface area contributed by atoms with Crippen LogP contribution in [0.3, 0.4) is 0 Å². The minimum absolute atomic E-state index is 0.318. The molecular formula is C13H13NO3. The van der Waals surface area contributed by atoms with Crippen molar-refractivity contribution in [3.05, 3.63) is 41.2 Å². The Morgan fingerprint density at radius 3 is 2.88 bits per heavy atom. The first-order valence-corrected chi connectivity index (χ1v) is 5.42. The predicted molar refractivity (Wildman–Crippen MR) is 63.5 cm³/mol. The van der Waals surface area contributed by atoms with Crippen molar-refractivity contribution in [2.75, 3.05) is 6.61 Å². The standard InChI is InChI=1S/C13H13NO3/c1-3-17-13(16)12-9(2)11(8-15)14-7-5-4-6-10(12)14/h4-8H,3H2,1-2H3. The second-order valence-corrected chi connectivity index (χ2v) is 3.68. The summed E-state index contributed by atoms with van der Waals surface area (Å²) in [6.07, 6.45) is 2.51. The van der Waals surface area contributed by atoms with Gasteiger partial charge in [-0.15, -0.1) is 0 Å². The van der Waals surface area contributed by atoms with E-state index in [1.54, 1.807) is 30.5 Å². The highest BCUT2D eigenvalue weighted by Gasteiger charge is 2.20. The molecule has 0 fully saturated rings. The van der Waals surface area contributed by atoms with E-state index < -0.39 is 0 Å². The lowest BCUT2D eigenvalue weighted by atomic mass is 10.1. The van der Waals surface area contributed by atoms with Crippen molar-refractivity contribution in [3.63, 3.8) is 0 Å². The molecule has 0 saturated carbocycles. The van der Waals surface area contributed by atoms with Crippen molar-refractivity contribution in [1.82, 2.24) is 4.40 Å². The smallest absolute Gasteiger partial charge is 0.340 e. The normalized spacial score (nSPS) is 10.5. The van der Waals surface area contributed by atoms with E-state index >= 15 is 0 Å². The van der Waals surface area contributed by atoms with Crippen molar-refractivity contribution >= 4 is 17.8 Å². The molecule has 4 heteroatoms.